The van der Waals surface area contributed by atoms with E-state index in [0.717, 1.165) is 24.5 Å². The molecule has 0 heterocycles. The van der Waals surface area contributed by atoms with E-state index < -0.39 is 0 Å². The third-order valence-electron chi connectivity index (χ3n) is 3.68. The number of anilines is 3. The maximum absolute atomic E-state index is 3.87. The van der Waals surface area contributed by atoms with Crippen molar-refractivity contribution in [1.82, 2.24) is 0 Å². The molecule has 1 N–H and O–H groups in total. The van der Waals surface area contributed by atoms with Gasteiger partial charge in [0.05, 0.1) is 0 Å². The van der Waals surface area contributed by atoms with Gasteiger partial charge in [-0.25, -0.2) is 0 Å². The zero-order chi connectivity index (χ0) is 15.6. The highest BCUT2D eigenvalue weighted by atomic mass is 15.1. The van der Waals surface area contributed by atoms with Crippen molar-refractivity contribution in [2.24, 2.45) is 0 Å². The van der Waals surface area contributed by atoms with Crippen molar-refractivity contribution < 1.29 is 0 Å². The predicted molar refractivity (Wildman–Crippen MR) is 98.1 cm³/mol. The minimum atomic E-state index is 0.898. The Hall–Kier alpha value is -2.22. The fourth-order valence-electron chi connectivity index (χ4n) is 2.48. The smallest absolute Gasteiger partial charge is 0.0385 e. The van der Waals surface area contributed by atoms with Crippen LogP contribution in [0.25, 0.3) is 0 Å². The average molecular weight is 294 g/mol. The van der Waals surface area contributed by atoms with Gasteiger partial charge >= 0.3 is 0 Å². The Balaban J connectivity index is 2.00. The van der Waals surface area contributed by atoms with E-state index in [9.17, 15) is 0 Å². The molecular formula is C20H26N2. The van der Waals surface area contributed by atoms with Gasteiger partial charge < -0.3 is 10.2 Å². The Morgan fingerprint density at radius 2 is 1.64 bits per heavy atom. The first-order valence-electron chi connectivity index (χ1n) is 8.11. The van der Waals surface area contributed by atoms with Crippen molar-refractivity contribution in [2.75, 3.05) is 23.3 Å². The highest BCUT2D eigenvalue weighted by Crippen LogP contribution is 2.21. The molecular weight excluding hydrogens is 268 g/mol. The lowest BCUT2D eigenvalue weighted by molar-refractivity contribution is 0.693. The van der Waals surface area contributed by atoms with Crippen LogP contribution in [0.15, 0.2) is 67.3 Å². The van der Waals surface area contributed by atoms with Crippen molar-refractivity contribution in [2.45, 2.75) is 26.2 Å². The first-order chi connectivity index (χ1) is 10.8. The Morgan fingerprint density at radius 1 is 0.955 bits per heavy atom. The van der Waals surface area contributed by atoms with Crippen molar-refractivity contribution in [3.8, 4) is 0 Å². The number of rotatable bonds is 9. The van der Waals surface area contributed by atoms with Gasteiger partial charge in [-0.15, -0.1) is 6.58 Å². The molecule has 116 valence electrons. The van der Waals surface area contributed by atoms with Crippen LogP contribution < -0.4 is 10.2 Å². The molecule has 2 nitrogen and oxygen atoms in total. The van der Waals surface area contributed by atoms with E-state index in [1.807, 2.05) is 24.3 Å². The molecule has 0 aliphatic rings. The molecule has 0 bridgehead atoms. The summed E-state index contributed by atoms with van der Waals surface area (Å²) in [6, 6.07) is 18.9. The van der Waals surface area contributed by atoms with Crippen LogP contribution in [0.2, 0.25) is 0 Å². The van der Waals surface area contributed by atoms with Crippen LogP contribution in [-0.2, 0) is 0 Å². The van der Waals surface area contributed by atoms with Crippen LogP contribution in [0.5, 0.6) is 0 Å². The third-order valence-corrected chi connectivity index (χ3v) is 3.68. The van der Waals surface area contributed by atoms with Crippen LogP contribution in [0, 0.1) is 0 Å². The van der Waals surface area contributed by atoms with E-state index in [4.69, 9.17) is 0 Å². The summed E-state index contributed by atoms with van der Waals surface area (Å²) in [5.74, 6) is 0. The van der Waals surface area contributed by atoms with E-state index in [1.54, 1.807) is 0 Å². The van der Waals surface area contributed by atoms with E-state index in [-0.39, 0.29) is 0 Å². The summed E-state index contributed by atoms with van der Waals surface area (Å²) < 4.78 is 0. The van der Waals surface area contributed by atoms with Gasteiger partial charge in [-0.05, 0) is 42.8 Å². The zero-order valence-electron chi connectivity index (χ0n) is 13.5. The molecule has 0 saturated heterocycles. The topological polar surface area (TPSA) is 15.3 Å². The second-order valence-corrected chi connectivity index (χ2v) is 5.48. The molecule has 0 fully saturated rings. The molecule has 0 unspecified atom stereocenters. The van der Waals surface area contributed by atoms with E-state index in [0.29, 0.717) is 0 Å². The number of para-hydroxylation sites is 1. The Kier molecular flexibility index (Phi) is 6.56. The normalized spacial score (nSPS) is 10.2. The molecule has 0 radical (unpaired) electrons. The predicted octanol–water partition coefficient (Wildman–Crippen LogP) is 5.61. The Labute approximate surface area is 134 Å². The highest BCUT2D eigenvalue weighted by Gasteiger charge is 2.04. The van der Waals surface area contributed by atoms with Gasteiger partial charge in [0.2, 0.25) is 0 Å². The molecule has 0 saturated carbocycles. The van der Waals surface area contributed by atoms with Crippen molar-refractivity contribution >= 4 is 17.1 Å². The minimum absolute atomic E-state index is 0.898. The Bertz CT molecular complexity index is 546. The first kappa shape index (κ1) is 16.2. The van der Waals surface area contributed by atoms with E-state index >= 15 is 0 Å². The van der Waals surface area contributed by atoms with Crippen molar-refractivity contribution in [3.05, 3.63) is 67.3 Å². The summed E-state index contributed by atoms with van der Waals surface area (Å²) in [4.78, 5) is 2.38. The Morgan fingerprint density at radius 3 is 2.27 bits per heavy atom. The fourth-order valence-corrected chi connectivity index (χ4v) is 2.48. The molecule has 0 atom stereocenters. The molecule has 2 aromatic carbocycles. The summed E-state index contributed by atoms with van der Waals surface area (Å²) in [7, 11) is 0. The van der Waals surface area contributed by atoms with Crippen LogP contribution in [0.4, 0.5) is 17.1 Å². The number of hydrogen-bond donors (Lipinski definition) is 1. The third kappa shape index (κ3) is 4.96. The van der Waals surface area contributed by atoms with E-state index in [2.05, 4.69) is 60.1 Å². The minimum Gasteiger partial charge on any atom is -0.368 e. The maximum atomic E-state index is 3.87. The lowest BCUT2D eigenvalue weighted by atomic mass is 10.2. The maximum Gasteiger partial charge on any atom is 0.0385 e. The monoisotopic (exact) mass is 294 g/mol. The number of hydrogen-bond acceptors (Lipinski definition) is 2. The quantitative estimate of drug-likeness (QED) is 0.477. The zero-order valence-corrected chi connectivity index (χ0v) is 13.5. The molecule has 2 aromatic rings. The van der Waals surface area contributed by atoms with Crippen LogP contribution >= 0.6 is 0 Å². The summed E-state index contributed by atoms with van der Waals surface area (Å²) >= 11 is 0. The van der Waals surface area contributed by atoms with Crippen molar-refractivity contribution in [3.63, 3.8) is 0 Å². The molecule has 0 aromatic heterocycles. The standard InChI is InChI=1S/C20H26N2/c1-3-5-9-17-22(16-4-2)20-14-12-19(13-15-20)21-18-10-7-6-8-11-18/h4,6-8,10-15,21H,2-3,5,9,16-17H2,1H3. The van der Waals surface area contributed by atoms with Gasteiger partial charge in [-0.1, -0.05) is 44.0 Å². The molecule has 0 aliphatic carbocycles. The SMILES string of the molecule is C=CCN(CCCCC)c1ccc(Nc2ccccc2)cc1. The first-order valence-corrected chi connectivity index (χ1v) is 8.11. The van der Waals surface area contributed by atoms with E-state index in [1.165, 1.54) is 24.9 Å². The molecule has 0 aliphatic heterocycles. The van der Waals surface area contributed by atoms with Gasteiger partial charge in [0.1, 0.15) is 0 Å². The number of nitrogens with zero attached hydrogens (tertiary/aromatic N) is 1. The molecule has 0 amide bonds. The summed E-state index contributed by atoms with van der Waals surface area (Å²) in [6.07, 6.45) is 5.74. The van der Waals surface area contributed by atoms with Gasteiger partial charge in [0, 0.05) is 30.2 Å². The van der Waals surface area contributed by atoms with Gasteiger partial charge in [-0.3, -0.25) is 0 Å². The summed E-state index contributed by atoms with van der Waals surface area (Å²) in [6.45, 7) is 8.10. The second kappa shape index (κ2) is 8.93. The second-order valence-electron chi connectivity index (χ2n) is 5.48. The van der Waals surface area contributed by atoms with Gasteiger partial charge in [0.25, 0.3) is 0 Å². The lowest BCUT2D eigenvalue weighted by Crippen LogP contribution is -2.24. The highest BCUT2D eigenvalue weighted by molar-refractivity contribution is 5.62. The lowest BCUT2D eigenvalue weighted by Gasteiger charge is -2.23. The fraction of sp³-hybridized carbons (Fsp3) is 0.300. The number of nitrogens with one attached hydrogen (secondary N) is 1. The van der Waals surface area contributed by atoms with Crippen LogP contribution in [-0.4, -0.2) is 13.1 Å². The average Bonchev–Trinajstić information content (AvgIpc) is 2.56. The summed E-state index contributed by atoms with van der Waals surface area (Å²) in [5, 5.41) is 3.42. The van der Waals surface area contributed by atoms with Gasteiger partial charge in [-0.2, -0.15) is 0 Å². The molecule has 0 spiro atoms. The van der Waals surface area contributed by atoms with Crippen LogP contribution in [0.1, 0.15) is 26.2 Å². The summed E-state index contributed by atoms with van der Waals surface area (Å²) in [5.41, 5.74) is 3.48. The van der Waals surface area contributed by atoms with Gasteiger partial charge in [0.15, 0.2) is 0 Å². The molecule has 2 heteroatoms. The van der Waals surface area contributed by atoms with Crippen LogP contribution in [0.3, 0.4) is 0 Å². The van der Waals surface area contributed by atoms with Crippen molar-refractivity contribution in [1.29, 1.82) is 0 Å². The number of unbranched alkanes of at least 4 members (excludes halogenated alkanes) is 2. The molecule has 2 rings (SSSR count). The molecule has 22 heavy (non-hydrogen) atoms. The largest absolute Gasteiger partial charge is 0.368 e. The number of benzene rings is 2.